The first kappa shape index (κ1) is 10.3. The van der Waals surface area contributed by atoms with Crippen LogP contribution in [0.2, 0.25) is 0 Å². The van der Waals surface area contributed by atoms with Crippen LogP contribution in [0.1, 0.15) is 11.3 Å². The molecule has 1 aromatic heterocycles. The van der Waals surface area contributed by atoms with E-state index in [1.807, 2.05) is 0 Å². The number of benzene rings is 1. The molecule has 0 unspecified atom stereocenters. The van der Waals surface area contributed by atoms with E-state index in [1.54, 1.807) is 18.2 Å². The number of isocyanates is 1. The Balaban J connectivity index is 2.30. The van der Waals surface area contributed by atoms with Crippen molar-refractivity contribution >= 4 is 11.8 Å². The van der Waals surface area contributed by atoms with Crippen LogP contribution in [0.5, 0.6) is 0 Å². The van der Waals surface area contributed by atoms with Gasteiger partial charge in [-0.2, -0.15) is 4.99 Å². The molecule has 16 heavy (non-hydrogen) atoms. The lowest BCUT2D eigenvalue weighted by Gasteiger charge is -1.99. The zero-order valence-electron chi connectivity index (χ0n) is 8.18. The first-order valence-corrected chi connectivity index (χ1v) is 4.56. The number of halogens is 1. The SMILES string of the molecule is O=C=Nc1cnoc1Cc1ccccc1F. The number of hydrogen-bond donors (Lipinski definition) is 0. The lowest BCUT2D eigenvalue weighted by Crippen LogP contribution is -1.90. The third-order valence-corrected chi connectivity index (χ3v) is 2.10. The summed E-state index contributed by atoms with van der Waals surface area (Å²) in [5, 5.41) is 3.50. The van der Waals surface area contributed by atoms with Gasteiger partial charge in [0, 0.05) is 6.42 Å². The molecular weight excluding hydrogens is 211 g/mol. The fraction of sp³-hybridized carbons (Fsp3) is 0.0909. The quantitative estimate of drug-likeness (QED) is 0.587. The molecule has 0 aliphatic heterocycles. The monoisotopic (exact) mass is 218 g/mol. The Bertz CT molecular complexity index is 544. The summed E-state index contributed by atoms with van der Waals surface area (Å²) in [6.45, 7) is 0. The summed E-state index contributed by atoms with van der Waals surface area (Å²) >= 11 is 0. The molecule has 1 heterocycles. The van der Waals surface area contributed by atoms with Gasteiger partial charge < -0.3 is 4.52 Å². The van der Waals surface area contributed by atoms with E-state index in [2.05, 4.69) is 10.1 Å². The smallest absolute Gasteiger partial charge is 0.240 e. The molecule has 0 bridgehead atoms. The van der Waals surface area contributed by atoms with Crippen molar-refractivity contribution in [2.45, 2.75) is 6.42 Å². The Kier molecular flexibility index (Phi) is 2.89. The van der Waals surface area contributed by atoms with Crippen LogP contribution in [0.3, 0.4) is 0 Å². The molecule has 0 saturated carbocycles. The zero-order chi connectivity index (χ0) is 11.4. The molecule has 5 heteroatoms. The van der Waals surface area contributed by atoms with E-state index in [4.69, 9.17) is 4.52 Å². The topological polar surface area (TPSA) is 55.5 Å². The first-order chi connectivity index (χ1) is 7.81. The van der Waals surface area contributed by atoms with Crippen LogP contribution in [0.4, 0.5) is 10.1 Å². The molecule has 1 aromatic carbocycles. The molecule has 0 atom stereocenters. The van der Waals surface area contributed by atoms with Crippen molar-refractivity contribution in [1.82, 2.24) is 5.16 Å². The van der Waals surface area contributed by atoms with Gasteiger partial charge in [0.25, 0.3) is 0 Å². The molecule has 0 N–H and O–H groups in total. The highest BCUT2D eigenvalue weighted by Crippen LogP contribution is 2.22. The highest BCUT2D eigenvalue weighted by Gasteiger charge is 2.10. The summed E-state index contributed by atoms with van der Waals surface area (Å²) in [5.74, 6) is 0.00776. The molecule has 0 saturated heterocycles. The molecule has 0 amide bonds. The van der Waals surface area contributed by atoms with E-state index >= 15 is 0 Å². The van der Waals surface area contributed by atoms with E-state index < -0.39 is 0 Å². The van der Waals surface area contributed by atoms with Gasteiger partial charge >= 0.3 is 0 Å². The lowest BCUT2D eigenvalue weighted by atomic mass is 10.1. The van der Waals surface area contributed by atoms with Gasteiger partial charge in [-0.15, -0.1) is 0 Å². The number of nitrogens with zero attached hydrogens (tertiary/aromatic N) is 2. The highest BCUT2D eigenvalue weighted by molar-refractivity contribution is 5.50. The van der Waals surface area contributed by atoms with E-state index in [9.17, 15) is 9.18 Å². The van der Waals surface area contributed by atoms with Gasteiger partial charge in [-0.25, -0.2) is 9.18 Å². The molecule has 0 aliphatic rings. The molecule has 2 rings (SSSR count). The zero-order valence-corrected chi connectivity index (χ0v) is 8.18. The minimum atomic E-state index is -0.333. The molecule has 4 nitrogen and oxygen atoms in total. The van der Waals surface area contributed by atoms with Crippen LogP contribution in [0.25, 0.3) is 0 Å². The Hall–Kier alpha value is -2.26. The van der Waals surface area contributed by atoms with Crippen molar-refractivity contribution in [3.05, 3.63) is 47.6 Å². The highest BCUT2D eigenvalue weighted by atomic mass is 19.1. The van der Waals surface area contributed by atoms with E-state index in [0.29, 0.717) is 11.3 Å². The molecule has 0 fully saturated rings. The van der Waals surface area contributed by atoms with Crippen LogP contribution in [-0.2, 0) is 11.2 Å². The maximum Gasteiger partial charge on any atom is 0.240 e. The van der Waals surface area contributed by atoms with Gasteiger partial charge in [-0.1, -0.05) is 23.4 Å². The number of rotatable bonds is 3. The Morgan fingerprint density at radius 3 is 3.00 bits per heavy atom. The van der Waals surface area contributed by atoms with Gasteiger partial charge in [0.1, 0.15) is 11.5 Å². The number of carbonyl (C=O) groups excluding carboxylic acids is 1. The predicted octanol–water partition coefficient (Wildman–Crippen LogP) is 2.37. The number of aromatic nitrogens is 1. The Labute approximate surface area is 90.4 Å². The molecule has 80 valence electrons. The van der Waals surface area contributed by atoms with Crippen molar-refractivity contribution < 1.29 is 13.7 Å². The summed E-state index contributed by atoms with van der Waals surface area (Å²) in [6, 6.07) is 6.31. The summed E-state index contributed by atoms with van der Waals surface area (Å²) in [7, 11) is 0. The fourth-order valence-electron chi connectivity index (χ4n) is 1.34. The number of aliphatic imine (C=N–C) groups is 1. The van der Waals surface area contributed by atoms with E-state index in [0.717, 1.165) is 0 Å². The van der Waals surface area contributed by atoms with Crippen molar-refractivity contribution in [2.24, 2.45) is 4.99 Å². The summed E-state index contributed by atoms with van der Waals surface area (Å²) in [5.41, 5.74) is 0.736. The van der Waals surface area contributed by atoms with E-state index in [1.165, 1.54) is 18.3 Å². The molecule has 0 aliphatic carbocycles. The maximum absolute atomic E-state index is 13.3. The van der Waals surface area contributed by atoms with Crippen molar-refractivity contribution in [3.63, 3.8) is 0 Å². The molecule has 0 radical (unpaired) electrons. The predicted molar refractivity (Wildman–Crippen MR) is 53.5 cm³/mol. The third-order valence-electron chi connectivity index (χ3n) is 2.10. The summed E-state index contributed by atoms with van der Waals surface area (Å²) in [4.78, 5) is 13.5. The van der Waals surface area contributed by atoms with Crippen molar-refractivity contribution in [3.8, 4) is 0 Å². The van der Waals surface area contributed by atoms with Gasteiger partial charge in [-0.3, -0.25) is 0 Å². The van der Waals surface area contributed by atoms with Gasteiger partial charge in [-0.05, 0) is 11.6 Å². The van der Waals surface area contributed by atoms with Gasteiger partial charge in [0.05, 0.1) is 6.20 Å². The van der Waals surface area contributed by atoms with Crippen LogP contribution < -0.4 is 0 Å². The second kappa shape index (κ2) is 4.51. The van der Waals surface area contributed by atoms with Crippen molar-refractivity contribution in [2.75, 3.05) is 0 Å². The second-order valence-corrected chi connectivity index (χ2v) is 3.11. The van der Waals surface area contributed by atoms with Crippen LogP contribution >= 0.6 is 0 Å². The van der Waals surface area contributed by atoms with Crippen LogP contribution in [0.15, 0.2) is 40.0 Å². The Morgan fingerprint density at radius 2 is 2.25 bits per heavy atom. The normalized spacial score (nSPS) is 9.81. The van der Waals surface area contributed by atoms with Gasteiger partial charge in [0.15, 0.2) is 5.76 Å². The summed E-state index contributed by atoms with van der Waals surface area (Å²) < 4.78 is 18.2. The average Bonchev–Trinajstić information content (AvgIpc) is 2.70. The standard InChI is InChI=1S/C11H7FN2O2/c12-9-4-2-1-3-8(9)5-11-10(13-7-15)6-14-16-11/h1-4,6H,5H2. The summed E-state index contributed by atoms with van der Waals surface area (Å²) in [6.07, 6.45) is 2.89. The number of hydrogen-bond acceptors (Lipinski definition) is 4. The van der Waals surface area contributed by atoms with Crippen LogP contribution in [-0.4, -0.2) is 11.2 Å². The molecule has 0 spiro atoms. The maximum atomic E-state index is 13.3. The molecular formula is C11H7FN2O2. The van der Waals surface area contributed by atoms with Crippen molar-refractivity contribution in [1.29, 1.82) is 0 Å². The average molecular weight is 218 g/mol. The second-order valence-electron chi connectivity index (χ2n) is 3.11. The lowest BCUT2D eigenvalue weighted by molar-refractivity contribution is 0.388. The third kappa shape index (κ3) is 2.04. The first-order valence-electron chi connectivity index (χ1n) is 4.56. The van der Waals surface area contributed by atoms with Crippen LogP contribution in [0, 0.1) is 5.82 Å². The minimum absolute atomic E-state index is 0.202. The minimum Gasteiger partial charge on any atom is -0.359 e. The Morgan fingerprint density at radius 1 is 1.44 bits per heavy atom. The van der Waals surface area contributed by atoms with E-state index in [-0.39, 0.29) is 17.9 Å². The fourth-order valence-corrected chi connectivity index (χ4v) is 1.34. The largest absolute Gasteiger partial charge is 0.359 e. The molecule has 2 aromatic rings. The van der Waals surface area contributed by atoms with Gasteiger partial charge in [0.2, 0.25) is 6.08 Å².